The molecule has 19 heavy (non-hydrogen) atoms. The summed E-state index contributed by atoms with van der Waals surface area (Å²) >= 11 is 3.15. The summed E-state index contributed by atoms with van der Waals surface area (Å²) in [5.41, 5.74) is 0.893. The number of hydrogen-bond donors (Lipinski definition) is 1. The molecule has 1 aromatic carbocycles. The average Bonchev–Trinajstić information content (AvgIpc) is 2.77. The molecule has 1 N–H and O–H groups in total. The van der Waals surface area contributed by atoms with E-state index >= 15 is 0 Å². The van der Waals surface area contributed by atoms with Gasteiger partial charge in [0.1, 0.15) is 5.76 Å². The Morgan fingerprint density at radius 1 is 1.47 bits per heavy atom. The standard InChI is InChI=1S/C12H12BrN3O3/c1-8-5-15-12(19-8)7-14-6-9-2-3-10(13)11(4-9)16(17)18/h2-5,14H,6-7H2,1H3. The van der Waals surface area contributed by atoms with Crippen LogP contribution < -0.4 is 5.32 Å². The maximum absolute atomic E-state index is 10.8. The Bertz CT molecular complexity index is 598. The average molecular weight is 326 g/mol. The lowest BCUT2D eigenvalue weighted by Crippen LogP contribution is -2.13. The second-order valence-electron chi connectivity index (χ2n) is 4.01. The fourth-order valence-corrected chi connectivity index (χ4v) is 2.00. The van der Waals surface area contributed by atoms with Crippen LogP contribution in [0.5, 0.6) is 0 Å². The number of hydrogen-bond acceptors (Lipinski definition) is 5. The van der Waals surface area contributed by atoms with Crippen molar-refractivity contribution in [1.82, 2.24) is 10.3 Å². The van der Waals surface area contributed by atoms with Gasteiger partial charge in [0.15, 0.2) is 0 Å². The largest absolute Gasteiger partial charge is 0.445 e. The molecule has 1 heterocycles. The predicted molar refractivity (Wildman–Crippen MR) is 72.6 cm³/mol. The number of oxazole rings is 1. The van der Waals surface area contributed by atoms with Crippen LogP contribution in [0.15, 0.2) is 33.3 Å². The molecular weight excluding hydrogens is 314 g/mol. The summed E-state index contributed by atoms with van der Waals surface area (Å²) in [7, 11) is 0. The van der Waals surface area contributed by atoms with Gasteiger partial charge in [-0.1, -0.05) is 6.07 Å². The summed E-state index contributed by atoms with van der Waals surface area (Å²) in [6, 6.07) is 5.03. The van der Waals surface area contributed by atoms with E-state index in [-0.39, 0.29) is 5.69 Å². The highest BCUT2D eigenvalue weighted by Crippen LogP contribution is 2.25. The molecule has 0 aliphatic heterocycles. The number of aryl methyl sites for hydroxylation is 1. The lowest BCUT2D eigenvalue weighted by atomic mass is 10.2. The van der Waals surface area contributed by atoms with Crippen molar-refractivity contribution in [2.75, 3.05) is 0 Å². The number of nitrogens with zero attached hydrogens (tertiary/aromatic N) is 2. The predicted octanol–water partition coefficient (Wildman–Crippen LogP) is 2.94. The minimum atomic E-state index is -0.412. The van der Waals surface area contributed by atoms with Crippen LogP contribution in [0.25, 0.3) is 0 Å². The van der Waals surface area contributed by atoms with Crippen LogP contribution in [0.4, 0.5) is 5.69 Å². The van der Waals surface area contributed by atoms with Gasteiger partial charge in [-0.15, -0.1) is 0 Å². The Morgan fingerprint density at radius 3 is 2.89 bits per heavy atom. The van der Waals surface area contributed by atoms with Gasteiger partial charge in [0.05, 0.1) is 22.1 Å². The zero-order chi connectivity index (χ0) is 13.8. The van der Waals surface area contributed by atoms with E-state index in [0.29, 0.717) is 23.5 Å². The number of halogens is 1. The van der Waals surface area contributed by atoms with Crippen molar-refractivity contribution in [1.29, 1.82) is 0 Å². The van der Waals surface area contributed by atoms with Gasteiger partial charge in [0, 0.05) is 12.6 Å². The van der Waals surface area contributed by atoms with Gasteiger partial charge in [0.25, 0.3) is 5.69 Å². The van der Waals surface area contributed by atoms with E-state index in [9.17, 15) is 10.1 Å². The maximum atomic E-state index is 10.8. The van der Waals surface area contributed by atoms with Crippen molar-refractivity contribution in [3.63, 3.8) is 0 Å². The Labute approximate surface area is 118 Å². The SMILES string of the molecule is Cc1cnc(CNCc2ccc(Br)c([N+](=O)[O-])c2)o1. The number of benzene rings is 1. The number of nitro benzene ring substituents is 1. The molecule has 100 valence electrons. The van der Waals surface area contributed by atoms with Gasteiger partial charge in [-0.25, -0.2) is 4.98 Å². The molecule has 7 heteroatoms. The third-order valence-corrected chi connectivity index (χ3v) is 3.15. The molecule has 0 fully saturated rings. The van der Waals surface area contributed by atoms with E-state index in [4.69, 9.17) is 4.42 Å². The summed E-state index contributed by atoms with van der Waals surface area (Å²) in [4.78, 5) is 14.5. The topological polar surface area (TPSA) is 81.2 Å². The first kappa shape index (κ1) is 13.7. The highest BCUT2D eigenvalue weighted by atomic mass is 79.9. The van der Waals surface area contributed by atoms with Crippen LogP contribution in [0.2, 0.25) is 0 Å². The number of rotatable bonds is 5. The van der Waals surface area contributed by atoms with Gasteiger partial charge in [0.2, 0.25) is 5.89 Å². The van der Waals surface area contributed by atoms with Crippen molar-refractivity contribution in [3.05, 3.63) is 56.2 Å². The molecule has 0 saturated carbocycles. The van der Waals surface area contributed by atoms with Gasteiger partial charge in [-0.3, -0.25) is 10.1 Å². The van der Waals surface area contributed by atoms with Crippen molar-refractivity contribution >= 4 is 21.6 Å². The molecule has 0 aliphatic rings. The van der Waals surface area contributed by atoms with Crippen LogP contribution in [0, 0.1) is 17.0 Å². The second kappa shape index (κ2) is 5.94. The van der Waals surface area contributed by atoms with E-state index in [1.807, 2.05) is 13.0 Å². The van der Waals surface area contributed by atoms with Gasteiger partial charge in [-0.2, -0.15) is 0 Å². The Balaban J connectivity index is 1.96. The molecule has 0 spiro atoms. The van der Waals surface area contributed by atoms with Crippen LogP contribution in [0.1, 0.15) is 17.2 Å². The summed E-state index contributed by atoms with van der Waals surface area (Å²) in [6.45, 7) is 2.82. The van der Waals surface area contributed by atoms with Crippen molar-refractivity contribution in [3.8, 4) is 0 Å². The molecule has 0 amide bonds. The summed E-state index contributed by atoms with van der Waals surface area (Å²) in [5.74, 6) is 1.36. The molecule has 6 nitrogen and oxygen atoms in total. The first-order valence-corrected chi connectivity index (χ1v) is 6.40. The molecule has 2 aromatic rings. The summed E-state index contributed by atoms with van der Waals surface area (Å²) in [6.07, 6.45) is 1.65. The smallest absolute Gasteiger partial charge is 0.283 e. The molecule has 0 radical (unpaired) electrons. The van der Waals surface area contributed by atoms with Crippen molar-refractivity contribution in [2.45, 2.75) is 20.0 Å². The minimum Gasteiger partial charge on any atom is -0.445 e. The first-order valence-electron chi connectivity index (χ1n) is 5.61. The third kappa shape index (κ3) is 3.62. The van der Waals surface area contributed by atoms with Crippen LogP contribution in [-0.4, -0.2) is 9.91 Å². The molecule has 0 bridgehead atoms. The highest BCUT2D eigenvalue weighted by Gasteiger charge is 2.12. The van der Waals surface area contributed by atoms with Gasteiger partial charge < -0.3 is 9.73 Å². The zero-order valence-electron chi connectivity index (χ0n) is 10.2. The normalized spacial score (nSPS) is 10.6. The van der Waals surface area contributed by atoms with E-state index < -0.39 is 4.92 Å². The molecule has 1 aromatic heterocycles. The quantitative estimate of drug-likeness (QED) is 0.675. The Kier molecular flexibility index (Phi) is 4.28. The summed E-state index contributed by atoms with van der Waals surface area (Å²) in [5, 5.41) is 13.9. The third-order valence-electron chi connectivity index (χ3n) is 2.48. The van der Waals surface area contributed by atoms with Gasteiger partial charge >= 0.3 is 0 Å². The number of aromatic nitrogens is 1. The minimum absolute atomic E-state index is 0.0614. The Morgan fingerprint density at radius 2 is 2.26 bits per heavy atom. The van der Waals surface area contributed by atoms with E-state index in [0.717, 1.165) is 11.3 Å². The molecule has 2 rings (SSSR count). The monoisotopic (exact) mass is 325 g/mol. The Hall–Kier alpha value is -1.73. The fourth-order valence-electron chi connectivity index (χ4n) is 1.61. The van der Waals surface area contributed by atoms with E-state index in [2.05, 4.69) is 26.2 Å². The second-order valence-corrected chi connectivity index (χ2v) is 4.87. The van der Waals surface area contributed by atoms with E-state index in [1.165, 1.54) is 6.07 Å². The lowest BCUT2D eigenvalue weighted by Gasteiger charge is -2.03. The molecule has 0 atom stereocenters. The number of nitro groups is 1. The fraction of sp³-hybridized carbons (Fsp3) is 0.250. The summed E-state index contributed by atoms with van der Waals surface area (Å²) < 4.78 is 5.79. The van der Waals surface area contributed by atoms with Crippen LogP contribution in [-0.2, 0) is 13.1 Å². The van der Waals surface area contributed by atoms with Gasteiger partial charge in [-0.05, 0) is 34.5 Å². The first-order chi connectivity index (χ1) is 9.06. The molecule has 0 aliphatic carbocycles. The lowest BCUT2D eigenvalue weighted by molar-refractivity contribution is -0.385. The van der Waals surface area contributed by atoms with Crippen molar-refractivity contribution < 1.29 is 9.34 Å². The molecule has 0 unspecified atom stereocenters. The van der Waals surface area contributed by atoms with Crippen LogP contribution in [0.3, 0.4) is 0 Å². The van der Waals surface area contributed by atoms with E-state index in [1.54, 1.807) is 12.3 Å². The molecular formula is C12H12BrN3O3. The maximum Gasteiger partial charge on any atom is 0.283 e. The highest BCUT2D eigenvalue weighted by molar-refractivity contribution is 9.10. The van der Waals surface area contributed by atoms with Crippen LogP contribution >= 0.6 is 15.9 Å². The number of nitrogens with one attached hydrogen (secondary N) is 1. The molecule has 0 saturated heterocycles. The zero-order valence-corrected chi connectivity index (χ0v) is 11.8. The van der Waals surface area contributed by atoms with Crippen molar-refractivity contribution in [2.24, 2.45) is 0 Å².